The summed E-state index contributed by atoms with van der Waals surface area (Å²) in [5.41, 5.74) is 5.35. The van der Waals surface area contributed by atoms with Crippen molar-refractivity contribution < 1.29 is 24.2 Å². The van der Waals surface area contributed by atoms with Gasteiger partial charge in [-0.2, -0.15) is 0 Å². The van der Waals surface area contributed by atoms with Crippen molar-refractivity contribution in [3.05, 3.63) is 89.5 Å². The Kier molecular flexibility index (Phi) is 5.72. The first-order valence-corrected chi connectivity index (χ1v) is 11.7. The normalized spacial score (nSPS) is 19.1. The molecule has 5 rings (SSSR count). The smallest absolute Gasteiger partial charge is 0.411 e. The second-order valence-corrected chi connectivity index (χ2v) is 9.14. The van der Waals surface area contributed by atoms with Crippen LogP contribution in [0.3, 0.4) is 0 Å². The van der Waals surface area contributed by atoms with Gasteiger partial charge in [0.05, 0.1) is 7.11 Å². The SMILES string of the molecule is COc1ccc(C2SCC(C(=O)O)N2C(=O)OCC2c3ccccc3-c3ccccc32)cc1. The average Bonchev–Trinajstić information content (AvgIpc) is 3.43. The average molecular weight is 462 g/mol. The van der Waals surface area contributed by atoms with Crippen LogP contribution in [-0.4, -0.2) is 47.6 Å². The number of hydrogen-bond donors (Lipinski definition) is 1. The summed E-state index contributed by atoms with van der Waals surface area (Å²) < 4.78 is 11.0. The van der Waals surface area contributed by atoms with Gasteiger partial charge in [0.15, 0.2) is 0 Å². The summed E-state index contributed by atoms with van der Waals surface area (Å²) in [6, 6.07) is 22.6. The zero-order valence-corrected chi connectivity index (χ0v) is 18.8. The number of ether oxygens (including phenoxy) is 2. The van der Waals surface area contributed by atoms with Crippen LogP contribution in [0.25, 0.3) is 11.1 Å². The molecule has 1 heterocycles. The molecule has 2 aliphatic rings. The summed E-state index contributed by atoms with van der Waals surface area (Å²) in [6.07, 6.45) is -0.616. The van der Waals surface area contributed by atoms with Crippen molar-refractivity contribution in [3.63, 3.8) is 0 Å². The molecule has 168 valence electrons. The van der Waals surface area contributed by atoms with E-state index in [-0.39, 0.29) is 12.5 Å². The quantitative estimate of drug-likeness (QED) is 0.567. The topological polar surface area (TPSA) is 76.1 Å². The number of fused-ring (bicyclic) bond motifs is 3. The molecule has 1 aliphatic heterocycles. The van der Waals surface area contributed by atoms with Crippen LogP contribution >= 0.6 is 11.8 Å². The van der Waals surface area contributed by atoms with Crippen molar-refractivity contribution in [1.82, 2.24) is 4.90 Å². The monoisotopic (exact) mass is 461 g/mol. The Bertz CT molecular complexity index is 1150. The molecule has 1 saturated heterocycles. The summed E-state index contributed by atoms with van der Waals surface area (Å²) in [5, 5.41) is 9.30. The minimum Gasteiger partial charge on any atom is -0.497 e. The molecule has 2 atom stereocenters. The van der Waals surface area contributed by atoms with Crippen LogP contribution in [0.1, 0.15) is 28.0 Å². The number of carboxylic acid groups (broad SMARTS) is 1. The van der Waals surface area contributed by atoms with Crippen LogP contribution in [0.4, 0.5) is 4.79 Å². The maximum absolute atomic E-state index is 13.3. The van der Waals surface area contributed by atoms with E-state index in [2.05, 4.69) is 24.3 Å². The van der Waals surface area contributed by atoms with Gasteiger partial charge in [-0.1, -0.05) is 60.7 Å². The summed E-state index contributed by atoms with van der Waals surface area (Å²) in [7, 11) is 1.59. The molecule has 2 unspecified atom stereocenters. The van der Waals surface area contributed by atoms with Crippen molar-refractivity contribution >= 4 is 23.8 Å². The Labute approximate surface area is 196 Å². The molecule has 6 nitrogen and oxygen atoms in total. The lowest BCUT2D eigenvalue weighted by molar-refractivity contribution is -0.141. The van der Waals surface area contributed by atoms with Crippen LogP contribution in [0.5, 0.6) is 5.75 Å². The number of carboxylic acids is 1. The Morgan fingerprint density at radius 3 is 2.15 bits per heavy atom. The Morgan fingerprint density at radius 2 is 1.58 bits per heavy atom. The number of benzene rings is 3. The first-order valence-electron chi connectivity index (χ1n) is 10.7. The summed E-state index contributed by atoms with van der Waals surface area (Å²) in [6.45, 7) is 0.149. The molecule has 1 aliphatic carbocycles. The molecule has 7 heteroatoms. The molecular weight excluding hydrogens is 438 g/mol. The number of nitrogens with zero attached hydrogens (tertiary/aromatic N) is 1. The van der Waals surface area contributed by atoms with Crippen LogP contribution < -0.4 is 4.74 Å². The maximum Gasteiger partial charge on any atom is 0.411 e. The Morgan fingerprint density at radius 1 is 0.970 bits per heavy atom. The van der Waals surface area contributed by atoms with Gasteiger partial charge >= 0.3 is 12.1 Å². The molecule has 33 heavy (non-hydrogen) atoms. The van der Waals surface area contributed by atoms with Crippen molar-refractivity contribution in [2.75, 3.05) is 19.5 Å². The number of carbonyl (C=O) groups is 2. The van der Waals surface area contributed by atoms with Crippen molar-refractivity contribution in [1.29, 1.82) is 0 Å². The number of amides is 1. The number of carbonyl (C=O) groups excluding carboxylic acids is 1. The van der Waals surface area contributed by atoms with Crippen LogP contribution in [0.2, 0.25) is 0 Å². The third-order valence-corrected chi connectivity index (χ3v) is 7.56. The standard InChI is InChI=1S/C26H23NO5S/c1-31-17-12-10-16(11-13-17)24-27(23(15-33-24)25(28)29)26(30)32-14-22-20-8-4-2-6-18(20)19-7-3-5-9-21(19)22/h2-13,22-24H,14-15H2,1H3,(H,28,29). The third-order valence-electron chi connectivity index (χ3n) is 6.23. The zero-order chi connectivity index (χ0) is 22.9. The second kappa shape index (κ2) is 8.83. The molecule has 1 N–H and O–H groups in total. The summed E-state index contributed by atoms with van der Waals surface area (Å²) in [5.74, 6) is -0.119. The Balaban J connectivity index is 1.39. The highest BCUT2D eigenvalue weighted by Crippen LogP contribution is 2.45. The van der Waals surface area contributed by atoms with E-state index in [1.54, 1.807) is 19.2 Å². The summed E-state index contributed by atoms with van der Waals surface area (Å²) >= 11 is 1.42. The largest absolute Gasteiger partial charge is 0.497 e. The van der Waals surface area contributed by atoms with Gasteiger partial charge in [-0.25, -0.2) is 9.59 Å². The first-order chi connectivity index (χ1) is 16.1. The minimum atomic E-state index is -1.04. The van der Waals surface area contributed by atoms with Gasteiger partial charge in [-0.3, -0.25) is 4.90 Å². The molecule has 0 radical (unpaired) electrons. The van der Waals surface area contributed by atoms with Crippen molar-refractivity contribution in [2.45, 2.75) is 17.3 Å². The molecule has 0 aromatic heterocycles. The second-order valence-electron chi connectivity index (χ2n) is 8.02. The third kappa shape index (κ3) is 3.82. The number of hydrogen-bond acceptors (Lipinski definition) is 5. The van der Waals surface area contributed by atoms with Crippen molar-refractivity contribution in [2.24, 2.45) is 0 Å². The molecule has 0 bridgehead atoms. The first kappa shape index (κ1) is 21.4. The van der Waals surface area contributed by atoms with Crippen LogP contribution in [0, 0.1) is 0 Å². The van der Waals surface area contributed by atoms with Gasteiger partial charge in [0.2, 0.25) is 0 Å². The van der Waals surface area contributed by atoms with E-state index in [1.165, 1.54) is 16.7 Å². The van der Waals surface area contributed by atoms with E-state index in [1.807, 2.05) is 36.4 Å². The van der Waals surface area contributed by atoms with E-state index in [9.17, 15) is 14.7 Å². The van der Waals surface area contributed by atoms with Gasteiger partial charge in [-0.15, -0.1) is 11.8 Å². The molecule has 1 fully saturated rings. The molecule has 1 amide bonds. The van der Waals surface area contributed by atoms with E-state index in [0.29, 0.717) is 11.5 Å². The van der Waals surface area contributed by atoms with Crippen LogP contribution in [0.15, 0.2) is 72.8 Å². The minimum absolute atomic E-state index is 0.0840. The fourth-order valence-corrected chi connectivity index (χ4v) is 6.02. The van der Waals surface area contributed by atoms with Crippen LogP contribution in [-0.2, 0) is 9.53 Å². The van der Waals surface area contributed by atoms with E-state index >= 15 is 0 Å². The zero-order valence-electron chi connectivity index (χ0n) is 18.0. The fourth-order valence-electron chi connectivity index (χ4n) is 4.61. The van der Waals surface area contributed by atoms with E-state index in [4.69, 9.17) is 9.47 Å². The molecule has 3 aromatic carbocycles. The highest BCUT2D eigenvalue weighted by molar-refractivity contribution is 7.99. The maximum atomic E-state index is 13.3. The lowest BCUT2D eigenvalue weighted by atomic mass is 9.98. The predicted octanol–water partition coefficient (Wildman–Crippen LogP) is 5.14. The highest BCUT2D eigenvalue weighted by atomic mass is 32.2. The highest BCUT2D eigenvalue weighted by Gasteiger charge is 2.44. The van der Waals surface area contributed by atoms with E-state index < -0.39 is 23.5 Å². The Hall–Kier alpha value is -3.45. The van der Waals surface area contributed by atoms with E-state index in [0.717, 1.165) is 27.8 Å². The predicted molar refractivity (Wildman–Crippen MR) is 127 cm³/mol. The van der Waals surface area contributed by atoms with Crippen molar-refractivity contribution in [3.8, 4) is 16.9 Å². The van der Waals surface area contributed by atoms with Gasteiger partial charge < -0.3 is 14.6 Å². The molecule has 0 spiro atoms. The molecule has 0 saturated carbocycles. The van der Waals surface area contributed by atoms with Gasteiger partial charge in [0.25, 0.3) is 0 Å². The number of aliphatic carboxylic acids is 1. The number of rotatable bonds is 5. The van der Waals surface area contributed by atoms with Gasteiger partial charge in [-0.05, 0) is 39.9 Å². The van der Waals surface area contributed by atoms with Gasteiger partial charge in [0, 0.05) is 11.7 Å². The lowest BCUT2D eigenvalue weighted by Gasteiger charge is -2.27. The number of thioether (sulfide) groups is 1. The fraction of sp³-hybridized carbons (Fsp3) is 0.231. The molecular formula is C26H23NO5S. The number of methoxy groups -OCH3 is 1. The lowest BCUT2D eigenvalue weighted by Crippen LogP contribution is -2.43. The van der Waals surface area contributed by atoms with Gasteiger partial charge in [0.1, 0.15) is 23.8 Å². The summed E-state index contributed by atoms with van der Waals surface area (Å²) in [4.78, 5) is 26.5. The molecule has 3 aromatic rings.